The predicted octanol–water partition coefficient (Wildman–Crippen LogP) is 1.33. The highest BCUT2D eigenvalue weighted by Gasteiger charge is 2.63. The molecule has 7 heteroatoms. The van der Waals surface area contributed by atoms with Gasteiger partial charge in [0.05, 0.1) is 13.3 Å². The molecule has 0 spiro atoms. The molecule has 1 aromatic rings. The molecule has 1 fully saturated rings. The van der Waals surface area contributed by atoms with Crippen molar-refractivity contribution >= 4 is 12.1 Å². The van der Waals surface area contributed by atoms with Crippen molar-refractivity contribution in [3.05, 3.63) is 18.0 Å². The van der Waals surface area contributed by atoms with Gasteiger partial charge in [0.2, 0.25) is 0 Å². The first-order valence-electron chi connectivity index (χ1n) is 6.37. The van der Waals surface area contributed by atoms with Gasteiger partial charge in [0, 0.05) is 12.1 Å². The monoisotopic (exact) mass is 281 g/mol. The Morgan fingerprint density at radius 2 is 2.20 bits per heavy atom. The molecule has 1 aliphatic rings. The number of nitrogens with zero attached hydrogens (tertiary/aromatic N) is 1. The molecule has 1 aromatic heterocycles. The van der Waals surface area contributed by atoms with Crippen molar-refractivity contribution in [2.24, 2.45) is 0 Å². The molecule has 0 unspecified atom stereocenters. The normalized spacial score (nSPS) is 24.9. The van der Waals surface area contributed by atoms with Crippen LogP contribution in [0.3, 0.4) is 0 Å². The van der Waals surface area contributed by atoms with E-state index in [1.165, 1.54) is 7.11 Å². The maximum absolute atomic E-state index is 12.0. The molecule has 1 heterocycles. The SMILES string of the molecule is COC(=O)[C@]1(NC(=O)OC(C)(C)C)C[C@@H]1c1cn[nH]c1. The van der Waals surface area contributed by atoms with Crippen LogP contribution in [0.15, 0.2) is 12.4 Å². The fourth-order valence-electron chi connectivity index (χ4n) is 2.20. The number of hydrogen-bond donors (Lipinski definition) is 2. The second kappa shape index (κ2) is 4.81. The second-order valence-electron chi connectivity index (χ2n) is 5.88. The number of methoxy groups -OCH3 is 1. The number of H-pyrrole nitrogens is 1. The molecule has 0 aromatic carbocycles. The molecule has 2 atom stereocenters. The van der Waals surface area contributed by atoms with Crippen LogP contribution in [0.4, 0.5) is 4.79 Å². The average Bonchev–Trinajstić information content (AvgIpc) is 2.82. The van der Waals surface area contributed by atoms with E-state index in [-0.39, 0.29) is 5.92 Å². The molecule has 20 heavy (non-hydrogen) atoms. The summed E-state index contributed by atoms with van der Waals surface area (Å²) in [6, 6.07) is 0. The molecule has 0 radical (unpaired) electrons. The summed E-state index contributed by atoms with van der Waals surface area (Å²) < 4.78 is 9.99. The Balaban J connectivity index is 2.11. The summed E-state index contributed by atoms with van der Waals surface area (Å²) >= 11 is 0. The Morgan fingerprint density at radius 1 is 1.50 bits per heavy atom. The highest BCUT2D eigenvalue weighted by atomic mass is 16.6. The molecular weight excluding hydrogens is 262 g/mol. The van der Waals surface area contributed by atoms with E-state index < -0.39 is 23.2 Å². The largest absolute Gasteiger partial charge is 0.467 e. The standard InChI is InChI=1S/C13H19N3O4/c1-12(2,3)20-11(18)16-13(10(17)19-4)5-9(13)8-6-14-15-7-8/h6-7,9H,5H2,1-4H3,(H,14,15)(H,16,18)/t9-,13+/m1/s1. The van der Waals surface area contributed by atoms with E-state index in [0.717, 1.165) is 5.56 Å². The van der Waals surface area contributed by atoms with Gasteiger partial charge < -0.3 is 14.8 Å². The summed E-state index contributed by atoms with van der Waals surface area (Å²) in [5.74, 6) is -0.629. The zero-order valence-electron chi connectivity index (χ0n) is 12.0. The quantitative estimate of drug-likeness (QED) is 0.815. The van der Waals surface area contributed by atoms with E-state index in [2.05, 4.69) is 15.5 Å². The topological polar surface area (TPSA) is 93.3 Å². The molecule has 110 valence electrons. The summed E-state index contributed by atoms with van der Waals surface area (Å²) in [6.45, 7) is 5.29. The number of aromatic nitrogens is 2. The van der Waals surface area contributed by atoms with Gasteiger partial charge >= 0.3 is 12.1 Å². The number of amides is 1. The molecule has 1 saturated carbocycles. The molecule has 1 aliphatic carbocycles. The maximum Gasteiger partial charge on any atom is 0.408 e. The molecule has 0 bridgehead atoms. The van der Waals surface area contributed by atoms with Gasteiger partial charge in [0.15, 0.2) is 0 Å². The summed E-state index contributed by atoms with van der Waals surface area (Å²) in [5.41, 5.74) is -0.825. The minimum absolute atomic E-state index is 0.152. The lowest BCUT2D eigenvalue weighted by Gasteiger charge is -2.23. The molecule has 1 amide bonds. The first-order chi connectivity index (χ1) is 9.28. The average molecular weight is 281 g/mol. The lowest BCUT2D eigenvalue weighted by atomic mass is 10.1. The van der Waals surface area contributed by atoms with Crippen molar-refractivity contribution in [1.29, 1.82) is 0 Å². The Bertz CT molecular complexity index is 506. The van der Waals surface area contributed by atoms with E-state index in [9.17, 15) is 9.59 Å². The first kappa shape index (κ1) is 14.4. The summed E-state index contributed by atoms with van der Waals surface area (Å²) in [6.07, 6.45) is 3.17. The Morgan fingerprint density at radius 3 is 2.70 bits per heavy atom. The summed E-state index contributed by atoms with van der Waals surface area (Å²) in [7, 11) is 1.30. The van der Waals surface area contributed by atoms with Crippen LogP contribution in [0.25, 0.3) is 0 Å². The third-order valence-corrected chi connectivity index (χ3v) is 3.16. The number of carbonyl (C=O) groups is 2. The van der Waals surface area contributed by atoms with Crippen LogP contribution >= 0.6 is 0 Å². The Kier molecular flexibility index (Phi) is 3.45. The molecular formula is C13H19N3O4. The highest BCUT2D eigenvalue weighted by molar-refractivity contribution is 5.91. The highest BCUT2D eigenvalue weighted by Crippen LogP contribution is 2.52. The van der Waals surface area contributed by atoms with Gasteiger partial charge in [-0.25, -0.2) is 9.59 Å². The number of esters is 1. The fraction of sp³-hybridized carbons (Fsp3) is 0.615. The molecule has 2 N–H and O–H groups in total. The number of alkyl carbamates (subject to hydrolysis) is 1. The Labute approximate surface area is 117 Å². The van der Waals surface area contributed by atoms with E-state index >= 15 is 0 Å². The van der Waals surface area contributed by atoms with Gasteiger partial charge in [-0.2, -0.15) is 5.10 Å². The predicted molar refractivity (Wildman–Crippen MR) is 70.1 cm³/mol. The minimum Gasteiger partial charge on any atom is -0.467 e. The van der Waals surface area contributed by atoms with E-state index in [1.807, 2.05) is 0 Å². The molecule has 7 nitrogen and oxygen atoms in total. The van der Waals surface area contributed by atoms with Crippen molar-refractivity contribution in [1.82, 2.24) is 15.5 Å². The van der Waals surface area contributed by atoms with Gasteiger partial charge in [-0.3, -0.25) is 5.10 Å². The third kappa shape index (κ3) is 2.76. The smallest absolute Gasteiger partial charge is 0.408 e. The molecule has 0 aliphatic heterocycles. The van der Waals surface area contributed by atoms with Crippen molar-refractivity contribution in [3.63, 3.8) is 0 Å². The van der Waals surface area contributed by atoms with Crippen LogP contribution in [-0.4, -0.2) is 40.5 Å². The number of carbonyl (C=O) groups excluding carboxylic acids is 2. The van der Waals surface area contributed by atoms with Crippen LogP contribution in [0.1, 0.15) is 38.7 Å². The minimum atomic E-state index is -1.05. The number of rotatable bonds is 3. The van der Waals surface area contributed by atoms with Crippen LogP contribution in [0, 0.1) is 0 Å². The zero-order valence-corrected chi connectivity index (χ0v) is 12.0. The summed E-state index contributed by atoms with van der Waals surface area (Å²) in [5, 5.41) is 9.18. The van der Waals surface area contributed by atoms with Crippen molar-refractivity contribution in [2.45, 2.75) is 44.2 Å². The van der Waals surface area contributed by atoms with Crippen LogP contribution in [0.2, 0.25) is 0 Å². The van der Waals surface area contributed by atoms with E-state index in [1.54, 1.807) is 33.2 Å². The van der Waals surface area contributed by atoms with E-state index in [4.69, 9.17) is 9.47 Å². The molecule has 2 rings (SSSR count). The summed E-state index contributed by atoms with van der Waals surface area (Å²) in [4.78, 5) is 23.9. The second-order valence-corrected chi connectivity index (χ2v) is 5.88. The van der Waals surface area contributed by atoms with Crippen molar-refractivity contribution < 1.29 is 19.1 Å². The van der Waals surface area contributed by atoms with Crippen LogP contribution < -0.4 is 5.32 Å². The van der Waals surface area contributed by atoms with Crippen molar-refractivity contribution in [3.8, 4) is 0 Å². The number of aromatic amines is 1. The maximum atomic E-state index is 12.0. The number of nitrogens with one attached hydrogen (secondary N) is 2. The third-order valence-electron chi connectivity index (χ3n) is 3.16. The van der Waals surface area contributed by atoms with Crippen LogP contribution in [-0.2, 0) is 14.3 Å². The van der Waals surface area contributed by atoms with E-state index in [0.29, 0.717) is 6.42 Å². The lowest BCUT2D eigenvalue weighted by Crippen LogP contribution is -2.47. The Hall–Kier alpha value is -2.05. The number of hydrogen-bond acceptors (Lipinski definition) is 5. The lowest BCUT2D eigenvalue weighted by molar-refractivity contribution is -0.144. The van der Waals surface area contributed by atoms with Gasteiger partial charge in [-0.15, -0.1) is 0 Å². The van der Waals surface area contributed by atoms with Crippen molar-refractivity contribution in [2.75, 3.05) is 7.11 Å². The van der Waals surface area contributed by atoms with Crippen LogP contribution in [0.5, 0.6) is 0 Å². The van der Waals surface area contributed by atoms with Gasteiger partial charge in [0.25, 0.3) is 0 Å². The number of ether oxygens (including phenoxy) is 2. The van der Waals surface area contributed by atoms with Gasteiger partial charge in [-0.05, 0) is 32.8 Å². The molecule has 0 saturated heterocycles. The van der Waals surface area contributed by atoms with Gasteiger partial charge in [-0.1, -0.05) is 0 Å². The fourth-order valence-corrected chi connectivity index (χ4v) is 2.20. The zero-order chi connectivity index (χ0) is 15.0. The first-order valence-corrected chi connectivity index (χ1v) is 6.37. The van der Waals surface area contributed by atoms with Gasteiger partial charge in [0.1, 0.15) is 11.1 Å².